The van der Waals surface area contributed by atoms with Crippen molar-refractivity contribution in [2.24, 2.45) is 10.2 Å². The van der Waals surface area contributed by atoms with Gasteiger partial charge in [-0.3, -0.25) is 10.1 Å². The highest BCUT2D eigenvalue weighted by atomic mass is 32.2. The number of halogens is 2. The summed E-state index contributed by atoms with van der Waals surface area (Å²) in [5.41, 5.74) is 1.41. The van der Waals surface area contributed by atoms with Crippen molar-refractivity contribution in [2.45, 2.75) is 6.61 Å². The quantitative estimate of drug-likeness (QED) is 0.329. The molecule has 7 nitrogen and oxygen atoms in total. The Balaban J connectivity index is 1.57. The molecule has 2 aromatic carbocycles. The second-order valence-corrected chi connectivity index (χ2v) is 6.85. The fourth-order valence-corrected chi connectivity index (χ4v) is 3.00. The van der Waals surface area contributed by atoms with E-state index in [9.17, 15) is 18.4 Å². The summed E-state index contributed by atoms with van der Waals surface area (Å²) in [6.07, 6.45) is 2.53. The van der Waals surface area contributed by atoms with Crippen LogP contribution in [0.4, 0.5) is 8.78 Å². The predicted octanol–water partition coefficient (Wildman–Crippen LogP) is 3.15. The number of carbonyl (C=O) groups is 2. The van der Waals surface area contributed by atoms with Gasteiger partial charge in [-0.15, -0.1) is 5.10 Å². The van der Waals surface area contributed by atoms with Crippen molar-refractivity contribution >= 4 is 35.0 Å². The van der Waals surface area contributed by atoms with E-state index in [4.69, 9.17) is 4.74 Å². The third kappa shape index (κ3) is 5.51. The maximum atomic E-state index is 13.6. The number of carbonyl (C=O) groups excluding carboxylic acids is 2. The minimum Gasteiger partial charge on any atom is -0.483 e. The Morgan fingerprint density at radius 1 is 1.17 bits per heavy atom. The molecular weight excluding hydrogens is 416 g/mol. The number of amidine groups is 1. The maximum Gasteiger partial charge on any atom is 0.331 e. The molecule has 1 aliphatic heterocycles. The Bertz CT molecular complexity index is 1030. The molecule has 10 heteroatoms. The van der Waals surface area contributed by atoms with E-state index in [1.807, 2.05) is 0 Å². The van der Waals surface area contributed by atoms with E-state index >= 15 is 0 Å². The molecule has 0 aromatic heterocycles. The Hall–Kier alpha value is -3.53. The van der Waals surface area contributed by atoms with Crippen LogP contribution in [0.3, 0.4) is 0 Å². The molecule has 0 aliphatic carbocycles. The van der Waals surface area contributed by atoms with E-state index in [1.165, 1.54) is 19.4 Å². The first-order chi connectivity index (χ1) is 14.5. The first-order valence-electron chi connectivity index (χ1n) is 8.52. The SMILES string of the molecule is COC(=O)/C=C1/S/C(=N\N=Cc2ccc(COc3c(F)cccc3F)cc2)NC1=O. The van der Waals surface area contributed by atoms with Gasteiger partial charge in [-0.05, 0) is 35.0 Å². The molecule has 1 fully saturated rings. The molecule has 3 rings (SSSR count). The lowest BCUT2D eigenvalue weighted by atomic mass is 10.1. The van der Waals surface area contributed by atoms with Crippen molar-refractivity contribution in [1.29, 1.82) is 0 Å². The topological polar surface area (TPSA) is 89.3 Å². The summed E-state index contributed by atoms with van der Waals surface area (Å²) in [4.78, 5) is 23.1. The van der Waals surface area contributed by atoms with Gasteiger partial charge >= 0.3 is 5.97 Å². The third-order valence-corrected chi connectivity index (χ3v) is 4.64. The molecule has 2 aromatic rings. The zero-order valence-electron chi connectivity index (χ0n) is 15.6. The van der Waals surface area contributed by atoms with Crippen LogP contribution in [0.15, 0.2) is 63.6 Å². The smallest absolute Gasteiger partial charge is 0.331 e. The monoisotopic (exact) mass is 431 g/mol. The fourth-order valence-electron chi connectivity index (χ4n) is 2.26. The molecule has 0 radical (unpaired) electrons. The van der Waals surface area contributed by atoms with Crippen LogP contribution in [0.5, 0.6) is 5.75 Å². The number of nitrogens with one attached hydrogen (secondary N) is 1. The van der Waals surface area contributed by atoms with Crippen LogP contribution in [0, 0.1) is 11.6 Å². The van der Waals surface area contributed by atoms with Crippen molar-refractivity contribution in [3.63, 3.8) is 0 Å². The van der Waals surface area contributed by atoms with Gasteiger partial charge in [0, 0.05) is 6.08 Å². The molecule has 0 saturated carbocycles. The normalized spacial score (nSPS) is 16.3. The Labute approximate surface area is 174 Å². The van der Waals surface area contributed by atoms with Crippen LogP contribution in [0.1, 0.15) is 11.1 Å². The van der Waals surface area contributed by atoms with Gasteiger partial charge < -0.3 is 9.47 Å². The van der Waals surface area contributed by atoms with Crippen LogP contribution >= 0.6 is 11.8 Å². The van der Waals surface area contributed by atoms with Gasteiger partial charge in [0.15, 0.2) is 22.6 Å². The fraction of sp³-hybridized carbons (Fsp3) is 0.100. The zero-order valence-corrected chi connectivity index (χ0v) is 16.4. The highest BCUT2D eigenvalue weighted by Crippen LogP contribution is 2.24. The highest BCUT2D eigenvalue weighted by Gasteiger charge is 2.24. The largest absolute Gasteiger partial charge is 0.483 e. The third-order valence-electron chi connectivity index (χ3n) is 3.74. The number of esters is 1. The summed E-state index contributed by atoms with van der Waals surface area (Å²) in [5.74, 6) is -3.05. The minimum absolute atomic E-state index is 0.00441. The highest BCUT2D eigenvalue weighted by molar-refractivity contribution is 8.18. The predicted molar refractivity (Wildman–Crippen MR) is 108 cm³/mol. The Morgan fingerprint density at radius 2 is 1.87 bits per heavy atom. The molecule has 154 valence electrons. The average Bonchev–Trinajstić information content (AvgIpc) is 3.07. The number of ether oxygens (including phenoxy) is 2. The number of nitrogens with zero attached hydrogens (tertiary/aromatic N) is 2. The van der Waals surface area contributed by atoms with Crippen molar-refractivity contribution in [3.8, 4) is 5.75 Å². The molecule has 1 saturated heterocycles. The first-order valence-corrected chi connectivity index (χ1v) is 9.33. The van der Waals surface area contributed by atoms with Crippen molar-refractivity contribution in [1.82, 2.24) is 5.32 Å². The number of methoxy groups -OCH3 is 1. The number of amides is 1. The molecule has 1 aliphatic rings. The van der Waals surface area contributed by atoms with Crippen LogP contribution < -0.4 is 10.1 Å². The van der Waals surface area contributed by atoms with E-state index in [-0.39, 0.29) is 16.7 Å². The van der Waals surface area contributed by atoms with E-state index < -0.39 is 29.3 Å². The summed E-state index contributed by atoms with van der Waals surface area (Å²) in [7, 11) is 1.21. The second kappa shape index (κ2) is 9.79. The molecule has 1 heterocycles. The molecule has 0 bridgehead atoms. The molecule has 0 atom stereocenters. The van der Waals surface area contributed by atoms with Gasteiger partial charge in [0.25, 0.3) is 5.91 Å². The molecule has 1 N–H and O–H groups in total. The van der Waals surface area contributed by atoms with Crippen LogP contribution in [0.2, 0.25) is 0 Å². The molecule has 30 heavy (non-hydrogen) atoms. The lowest BCUT2D eigenvalue weighted by Crippen LogP contribution is -2.19. The van der Waals surface area contributed by atoms with Gasteiger partial charge in [-0.2, -0.15) is 5.10 Å². The lowest BCUT2D eigenvalue weighted by molar-refractivity contribution is -0.135. The summed E-state index contributed by atoms with van der Waals surface area (Å²) in [5, 5.41) is 10.5. The number of benzene rings is 2. The zero-order chi connectivity index (χ0) is 21.5. The van der Waals surface area contributed by atoms with Crippen LogP contribution in [-0.2, 0) is 20.9 Å². The van der Waals surface area contributed by atoms with E-state index in [0.29, 0.717) is 11.1 Å². The number of rotatable bonds is 6. The van der Waals surface area contributed by atoms with Crippen LogP contribution in [-0.4, -0.2) is 30.4 Å². The molecule has 0 unspecified atom stereocenters. The van der Waals surface area contributed by atoms with Gasteiger partial charge in [-0.25, -0.2) is 13.6 Å². The van der Waals surface area contributed by atoms with E-state index in [2.05, 4.69) is 20.3 Å². The van der Waals surface area contributed by atoms with Gasteiger partial charge in [0.05, 0.1) is 18.2 Å². The standard InChI is InChI=1S/C20H15F2N3O4S/c1-28-17(26)9-16-19(27)24-20(30-16)25-23-10-12-5-7-13(8-6-12)11-29-18-14(21)3-2-4-15(18)22/h2-10H,11H2,1H3,(H,24,25,27)/b16-9+,23-10?. The number of para-hydroxylation sites is 1. The molecule has 0 spiro atoms. The van der Waals surface area contributed by atoms with Gasteiger partial charge in [0.1, 0.15) is 6.61 Å². The van der Waals surface area contributed by atoms with E-state index in [1.54, 1.807) is 24.3 Å². The van der Waals surface area contributed by atoms with Gasteiger partial charge in [0.2, 0.25) is 0 Å². The lowest BCUT2D eigenvalue weighted by Gasteiger charge is -2.08. The summed E-state index contributed by atoms with van der Waals surface area (Å²) in [6, 6.07) is 10.4. The molecule has 1 amide bonds. The second-order valence-electron chi connectivity index (χ2n) is 5.82. The average molecular weight is 431 g/mol. The summed E-state index contributed by atoms with van der Waals surface area (Å²) >= 11 is 0.965. The van der Waals surface area contributed by atoms with E-state index in [0.717, 1.165) is 30.0 Å². The Morgan fingerprint density at radius 3 is 2.53 bits per heavy atom. The molecular formula is C20H15F2N3O4S. The van der Waals surface area contributed by atoms with Crippen LogP contribution in [0.25, 0.3) is 0 Å². The number of hydrogen-bond donors (Lipinski definition) is 1. The Kier molecular flexibility index (Phi) is 6.91. The van der Waals surface area contributed by atoms with Gasteiger partial charge in [-0.1, -0.05) is 30.3 Å². The first kappa shape index (κ1) is 21.2. The maximum absolute atomic E-state index is 13.6. The number of thioether (sulfide) groups is 1. The summed E-state index contributed by atoms with van der Waals surface area (Å²) < 4.78 is 36.8. The van der Waals surface area contributed by atoms with Crippen molar-refractivity contribution in [3.05, 3.63) is 76.2 Å². The van der Waals surface area contributed by atoms with Crippen molar-refractivity contribution < 1.29 is 27.8 Å². The summed E-state index contributed by atoms with van der Waals surface area (Å²) in [6.45, 7) is -0.00441. The van der Waals surface area contributed by atoms with Crippen molar-refractivity contribution in [2.75, 3.05) is 7.11 Å². The number of hydrogen-bond acceptors (Lipinski definition) is 7. The minimum atomic E-state index is -0.765.